The SMILES string of the molecule is CS(=O)(=O)Nc1cnn(C(=O)N2CCN(Cc3cccc(Oc4ccc(Cl)cc4)c3)CC2)c1. The fraction of sp³-hybridized carbons (Fsp3) is 0.273. The minimum atomic E-state index is -3.42. The highest BCUT2D eigenvalue weighted by atomic mass is 35.5. The Hall–Kier alpha value is -3.08. The molecule has 1 aromatic heterocycles. The largest absolute Gasteiger partial charge is 0.457 e. The van der Waals surface area contributed by atoms with Crippen LogP contribution in [0.15, 0.2) is 60.9 Å². The lowest BCUT2D eigenvalue weighted by Crippen LogP contribution is -2.49. The van der Waals surface area contributed by atoms with Crippen LogP contribution in [-0.4, -0.2) is 66.5 Å². The Labute approximate surface area is 197 Å². The van der Waals surface area contributed by atoms with Crippen LogP contribution in [0, 0.1) is 0 Å². The lowest BCUT2D eigenvalue weighted by atomic mass is 10.2. The molecule has 0 spiro atoms. The molecule has 9 nitrogen and oxygen atoms in total. The topological polar surface area (TPSA) is 96.8 Å². The van der Waals surface area contributed by atoms with Crippen molar-refractivity contribution >= 4 is 33.3 Å². The van der Waals surface area contributed by atoms with Crippen LogP contribution < -0.4 is 9.46 Å². The molecule has 0 radical (unpaired) electrons. The van der Waals surface area contributed by atoms with Crippen molar-refractivity contribution < 1.29 is 17.9 Å². The predicted octanol–water partition coefficient (Wildman–Crippen LogP) is 3.49. The van der Waals surface area contributed by atoms with E-state index in [1.807, 2.05) is 36.4 Å². The summed E-state index contributed by atoms with van der Waals surface area (Å²) >= 11 is 5.92. The van der Waals surface area contributed by atoms with Gasteiger partial charge in [-0.3, -0.25) is 9.62 Å². The maximum Gasteiger partial charge on any atom is 0.344 e. The number of carbonyl (C=O) groups excluding carboxylic acids is 1. The summed E-state index contributed by atoms with van der Waals surface area (Å²) in [6.45, 7) is 3.26. The number of sulfonamides is 1. The minimum Gasteiger partial charge on any atom is -0.457 e. The third-order valence-electron chi connectivity index (χ3n) is 5.08. The Morgan fingerprint density at radius 3 is 2.52 bits per heavy atom. The summed E-state index contributed by atoms with van der Waals surface area (Å²) < 4.78 is 32.0. The number of piperazine rings is 1. The van der Waals surface area contributed by atoms with Crippen LogP contribution >= 0.6 is 11.6 Å². The molecule has 1 fully saturated rings. The molecule has 1 aliphatic heterocycles. The average Bonchev–Trinajstić information content (AvgIpc) is 3.22. The molecule has 0 unspecified atom stereocenters. The number of amides is 1. The third-order valence-corrected chi connectivity index (χ3v) is 5.94. The van der Waals surface area contributed by atoms with Crippen molar-refractivity contribution in [2.24, 2.45) is 0 Å². The maximum absolute atomic E-state index is 12.7. The van der Waals surface area contributed by atoms with Crippen molar-refractivity contribution in [3.63, 3.8) is 0 Å². The second kappa shape index (κ2) is 9.82. The zero-order chi connectivity index (χ0) is 23.4. The van der Waals surface area contributed by atoms with Gasteiger partial charge in [0.1, 0.15) is 11.5 Å². The van der Waals surface area contributed by atoms with Gasteiger partial charge in [0.15, 0.2) is 0 Å². The van der Waals surface area contributed by atoms with Crippen molar-refractivity contribution in [3.8, 4) is 11.5 Å². The van der Waals surface area contributed by atoms with E-state index in [-0.39, 0.29) is 11.7 Å². The summed E-state index contributed by atoms with van der Waals surface area (Å²) in [5.41, 5.74) is 1.37. The number of hydrogen-bond donors (Lipinski definition) is 1. The molecular formula is C22H24ClN5O4S. The number of anilines is 1. The Balaban J connectivity index is 1.30. The molecule has 0 saturated carbocycles. The maximum atomic E-state index is 12.7. The van der Waals surface area contributed by atoms with E-state index < -0.39 is 10.0 Å². The first-order chi connectivity index (χ1) is 15.7. The number of rotatable bonds is 6. The van der Waals surface area contributed by atoms with E-state index in [9.17, 15) is 13.2 Å². The second-order valence-electron chi connectivity index (χ2n) is 7.80. The van der Waals surface area contributed by atoms with Crippen LogP contribution in [0.3, 0.4) is 0 Å². The van der Waals surface area contributed by atoms with Crippen LogP contribution in [0.5, 0.6) is 11.5 Å². The molecule has 1 amide bonds. The number of hydrogen-bond acceptors (Lipinski definition) is 6. The predicted molar refractivity (Wildman–Crippen MR) is 126 cm³/mol. The van der Waals surface area contributed by atoms with Crippen LogP contribution in [0.25, 0.3) is 0 Å². The highest BCUT2D eigenvalue weighted by molar-refractivity contribution is 7.92. The highest BCUT2D eigenvalue weighted by Crippen LogP contribution is 2.24. The molecular weight excluding hydrogens is 466 g/mol. The smallest absolute Gasteiger partial charge is 0.344 e. The monoisotopic (exact) mass is 489 g/mol. The Kier molecular flexibility index (Phi) is 6.87. The van der Waals surface area contributed by atoms with E-state index >= 15 is 0 Å². The number of nitrogens with zero attached hydrogens (tertiary/aromatic N) is 4. The van der Waals surface area contributed by atoms with E-state index in [2.05, 4.69) is 14.7 Å². The van der Waals surface area contributed by atoms with Gasteiger partial charge >= 0.3 is 6.03 Å². The second-order valence-corrected chi connectivity index (χ2v) is 9.98. The van der Waals surface area contributed by atoms with E-state index in [1.165, 1.54) is 12.4 Å². The Morgan fingerprint density at radius 1 is 1.09 bits per heavy atom. The van der Waals surface area contributed by atoms with Gasteiger partial charge in [-0.15, -0.1) is 0 Å². The van der Waals surface area contributed by atoms with E-state index in [0.717, 1.165) is 34.5 Å². The van der Waals surface area contributed by atoms with Crippen LogP contribution in [-0.2, 0) is 16.6 Å². The van der Waals surface area contributed by atoms with Gasteiger partial charge in [-0.2, -0.15) is 9.78 Å². The van der Waals surface area contributed by atoms with Gasteiger partial charge in [-0.1, -0.05) is 23.7 Å². The average molecular weight is 490 g/mol. The number of benzene rings is 2. The zero-order valence-corrected chi connectivity index (χ0v) is 19.6. The van der Waals surface area contributed by atoms with Gasteiger partial charge in [-0.05, 0) is 42.0 Å². The number of halogens is 1. The van der Waals surface area contributed by atoms with Crippen LogP contribution in [0.1, 0.15) is 5.56 Å². The molecule has 33 heavy (non-hydrogen) atoms. The normalized spacial score (nSPS) is 14.8. The van der Waals surface area contributed by atoms with Gasteiger partial charge in [0.05, 0.1) is 24.3 Å². The first-order valence-electron chi connectivity index (χ1n) is 10.3. The van der Waals surface area contributed by atoms with Crippen molar-refractivity contribution in [1.82, 2.24) is 19.6 Å². The number of aromatic nitrogens is 2. The molecule has 11 heteroatoms. The standard InChI is InChI=1S/C22H24ClN5O4S/c1-33(30,31)25-19-14-24-28(16-19)22(29)27-11-9-26(10-12-27)15-17-3-2-4-21(13-17)32-20-7-5-18(23)6-8-20/h2-8,13-14,16,25H,9-12,15H2,1H3. The quantitative estimate of drug-likeness (QED) is 0.569. The first kappa shape index (κ1) is 23.1. The van der Waals surface area contributed by atoms with Gasteiger partial charge < -0.3 is 9.64 Å². The lowest BCUT2D eigenvalue weighted by Gasteiger charge is -2.34. The summed E-state index contributed by atoms with van der Waals surface area (Å²) in [5.74, 6) is 1.47. The van der Waals surface area contributed by atoms with E-state index in [1.54, 1.807) is 17.0 Å². The molecule has 3 aromatic rings. The number of nitrogens with one attached hydrogen (secondary N) is 1. The van der Waals surface area contributed by atoms with E-state index in [0.29, 0.717) is 31.2 Å². The van der Waals surface area contributed by atoms with Crippen molar-refractivity contribution in [2.75, 3.05) is 37.2 Å². The first-order valence-corrected chi connectivity index (χ1v) is 12.6. The molecule has 1 saturated heterocycles. The molecule has 4 rings (SSSR count). The van der Waals surface area contributed by atoms with E-state index in [4.69, 9.17) is 16.3 Å². The molecule has 0 atom stereocenters. The molecule has 2 aromatic carbocycles. The summed E-state index contributed by atoms with van der Waals surface area (Å²) in [6.07, 6.45) is 3.74. The van der Waals surface area contributed by atoms with Gasteiger partial charge in [0.2, 0.25) is 10.0 Å². The third kappa shape index (κ3) is 6.47. The summed E-state index contributed by atoms with van der Waals surface area (Å²) in [6, 6.07) is 14.9. The Morgan fingerprint density at radius 2 is 1.82 bits per heavy atom. The highest BCUT2D eigenvalue weighted by Gasteiger charge is 2.23. The zero-order valence-electron chi connectivity index (χ0n) is 18.0. The van der Waals surface area contributed by atoms with Gasteiger partial charge in [0, 0.05) is 37.7 Å². The van der Waals surface area contributed by atoms with Crippen LogP contribution in [0.2, 0.25) is 5.02 Å². The minimum absolute atomic E-state index is 0.255. The molecule has 0 aliphatic carbocycles. The van der Waals surface area contributed by atoms with Crippen molar-refractivity contribution in [3.05, 3.63) is 71.5 Å². The van der Waals surface area contributed by atoms with Gasteiger partial charge in [0.25, 0.3) is 0 Å². The lowest BCUT2D eigenvalue weighted by molar-refractivity contribution is 0.134. The summed E-state index contributed by atoms with van der Waals surface area (Å²) in [7, 11) is -3.42. The number of carbonyl (C=O) groups is 1. The van der Waals surface area contributed by atoms with Gasteiger partial charge in [-0.25, -0.2) is 13.2 Å². The molecule has 1 N–H and O–H groups in total. The summed E-state index contributed by atoms with van der Waals surface area (Å²) in [4.78, 5) is 16.7. The molecule has 2 heterocycles. The van der Waals surface area contributed by atoms with Crippen LogP contribution in [0.4, 0.5) is 10.5 Å². The van der Waals surface area contributed by atoms with Crippen molar-refractivity contribution in [2.45, 2.75) is 6.54 Å². The van der Waals surface area contributed by atoms with Crippen molar-refractivity contribution in [1.29, 1.82) is 0 Å². The molecule has 174 valence electrons. The molecule has 1 aliphatic rings. The fourth-order valence-electron chi connectivity index (χ4n) is 3.54. The fourth-order valence-corrected chi connectivity index (χ4v) is 4.20. The Bertz CT molecular complexity index is 1220. The number of ether oxygens (including phenoxy) is 1. The molecule has 0 bridgehead atoms. The summed E-state index contributed by atoms with van der Waals surface area (Å²) in [5, 5.41) is 4.63.